The summed E-state index contributed by atoms with van der Waals surface area (Å²) in [7, 11) is 0. The van der Waals surface area contributed by atoms with Crippen molar-refractivity contribution in [2.24, 2.45) is 0 Å². The first-order valence-corrected chi connectivity index (χ1v) is 11.5. The van der Waals surface area contributed by atoms with E-state index < -0.39 is 11.5 Å². The average Bonchev–Trinajstić information content (AvgIpc) is 3.55. The minimum absolute atomic E-state index is 0.0762. The van der Waals surface area contributed by atoms with Gasteiger partial charge in [0.25, 0.3) is 0 Å². The molecule has 0 unspecified atom stereocenters. The van der Waals surface area contributed by atoms with Crippen LogP contribution in [0.5, 0.6) is 0 Å². The topological polar surface area (TPSA) is 112 Å². The fourth-order valence-corrected chi connectivity index (χ4v) is 4.68. The Morgan fingerprint density at radius 3 is 2.36 bits per heavy atom. The maximum Gasteiger partial charge on any atom is 0.329 e. The maximum absolute atomic E-state index is 13.1. The van der Waals surface area contributed by atoms with Gasteiger partial charge in [-0.05, 0) is 41.2 Å². The van der Waals surface area contributed by atoms with Crippen LogP contribution in [-0.2, 0) is 16.1 Å². The Balaban J connectivity index is 1.61. The molecular formula is C25H29N5O3. The van der Waals surface area contributed by atoms with E-state index in [9.17, 15) is 14.7 Å². The van der Waals surface area contributed by atoms with E-state index in [0.717, 1.165) is 47.9 Å². The number of aromatic nitrogens is 4. The predicted molar refractivity (Wildman–Crippen MR) is 124 cm³/mol. The summed E-state index contributed by atoms with van der Waals surface area (Å²) in [5.41, 5.74) is 2.63. The van der Waals surface area contributed by atoms with Crippen LogP contribution in [0.2, 0.25) is 0 Å². The van der Waals surface area contributed by atoms with Gasteiger partial charge >= 0.3 is 5.97 Å². The molecule has 172 valence electrons. The third-order valence-corrected chi connectivity index (χ3v) is 6.51. The van der Waals surface area contributed by atoms with Gasteiger partial charge in [-0.3, -0.25) is 4.79 Å². The van der Waals surface area contributed by atoms with E-state index in [1.54, 1.807) is 4.90 Å². The zero-order valence-electron chi connectivity index (χ0n) is 18.8. The molecule has 0 radical (unpaired) electrons. The SMILES string of the molecule is CCCCC(=O)N(Cc1ccc(-c2ccccc2-c2nn[nH]n2)cc1)C1(C(=O)O)CCCC1. The maximum atomic E-state index is 13.1. The molecule has 3 aromatic rings. The lowest BCUT2D eigenvalue weighted by molar-refractivity contribution is -0.160. The molecule has 8 nitrogen and oxygen atoms in total. The van der Waals surface area contributed by atoms with Gasteiger partial charge in [-0.25, -0.2) is 4.79 Å². The van der Waals surface area contributed by atoms with Crippen LogP contribution >= 0.6 is 0 Å². The highest BCUT2D eigenvalue weighted by molar-refractivity contribution is 5.87. The summed E-state index contributed by atoms with van der Waals surface area (Å²) >= 11 is 0. The molecule has 1 amide bonds. The van der Waals surface area contributed by atoms with Crippen molar-refractivity contribution in [3.8, 4) is 22.5 Å². The highest BCUT2D eigenvalue weighted by Gasteiger charge is 2.48. The van der Waals surface area contributed by atoms with Gasteiger partial charge < -0.3 is 10.0 Å². The number of aliphatic carboxylic acids is 1. The van der Waals surface area contributed by atoms with E-state index in [0.29, 0.717) is 31.6 Å². The lowest BCUT2D eigenvalue weighted by Gasteiger charge is -2.38. The molecule has 0 bridgehead atoms. The van der Waals surface area contributed by atoms with Gasteiger partial charge in [0, 0.05) is 18.5 Å². The Morgan fingerprint density at radius 1 is 1.06 bits per heavy atom. The molecule has 1 fully saturated rings. The highest BCUT2D eigenvalue weighted by atomic mass is 16.4. The van der Waals surface area contributed by atoms with E-state index in [-0.39, 0.29) is 5.91 Å². The van der Waals surface area contributed by atoms with Crippen molar-refractivity contribution in [1.82, 2.24) is 25.5 Å². The van der Waals surface area contributed by atoms with Crippen LogP contribution in [0.4, 0.5) is 0 Å². The summed E-state index contributed by atoms with van der Waals surface area (Å²) < 4.78 is 0. The van der Waals surface area contributed by atoms with Crippen LogP contribution in [0.3, 0.4) is 0 Å². The van der Waals surface area contributed by atoms with Crippen molar-refractivity contribution >= 4 is 11.9 Å². The number of H-pyrrole nitrogens is 1. The number of nitrogens with one attached hydrogen (secondary N) is 1. The lowest BCUT2D eigenvalue weighted by atomic mass is 9.93. The van der Waals surface area contributed by atoms with Crippen molar-refractivity contribution in [2.75, 3.05) is 0 Å². The van der Waals surface area contributed by atoms with Gasteiger partial charge in [0.05, 0.1) is 0 Å². The van der Waals surface area contributed by atoms with Crippen LogP contribution in [0.1, 0.15) is 57.4 Å². The summed E-state index contributed by atoms with van der Waals surface area (Å²) in [5, 5.41) is 24.4. The standard InChI is InChI=1S/C25H29N5O3/c1-2-3-10-22(31)30(25(24(32)33)15-6-7-16-25)17-18-11-13-19(14-12-18)20-8-4-5-9-21(20)23-26-28-29-27-23/h4-5,8-9,11-14H,2-3,6-7,10,15-17H2,1H3,(H,32,33)(H,26,27,28,29). The van der Waals surface area contributed by atoms with Crippen LogP contribution in [0, 0.1) is 0 Å². The molecule has 1 heterocycles. The first-order chi connectivity index (χ1) is 16.0. The third kappa shape index (κ3) is 4.65. The first-order valence-electron chi connectivity index (χ1n) is 11.5. The summed E-state index contributed by atoms with van der Waals surface area (Å²) in [6, 6.07) is 15.7. The largest absolute Gasteiger partial charge is 0.479 e. The second-order valence-electron chi connectivity index (χ2n) is 8.61. The monoisotopic (exact) mass is 447 g/mol. The Kier molecular flexibility index (Phi) is 6.82. The number of carbonyl (C=O) groups is 2. The molecular weight excluding hydrogens is 418 g/mol. The molecule has 8 heteroatoms. The van der Waals surface area contributed by atoms with E-state index >= 15 is 0 Å². The number of hydrogen-bond donors (Lipinski definition) is 2. The minimum atomic E-state index is -1.10. The Labute approximate surface area is 193 Å². The molecule has 0 atom stereocenters. The number of carboxylic acids is 1. The Bertz CT molecular complexity index is 1090. The molecule has 1 aliphatic rings. The van der Waals surface area contributed by atoms with Gasteiger partial charge in [0.2, 0.25) is 11.7 Å². The summed E-state index contributed by atoms with van der Waals surface area (Å²) in [6.45, 7) is 2.33. The van der Waals surface area contributed by atoms with Crippen LogP contribution in [0.15, 0.2) is 48.5 Å². The molecule has 0 spiro atoms. The number of benzene rings is 2. The summed E-state index contributed by atoms with van der Waals surface area (Å²) in [6.07, 6.45) is 4.71. The molecule has 1 aromatic heterocycles. The molecule has 0 saturated heterocycles. The molecule has 2 N–H and O–H groups in total. The molecule has 1 saturated carbocycles. The lowest BCUT2D eigenvalue weighted by Crippen LogP contribution is -2.55. The van der Waals surface area contributed by atoms with Crippen LogP contribution < -0.4 is 0 Å². The number of rotatable bonds is 9. The van der Waals surface area contributed by atoms with Crippen molar-refractivity contribution in [3.63, 3.8) is 0 Å². The zero-order valence-corrected chi connectivity index (χ0v) is 18.8. The van der Waals surface area contributed by atoms with Gasteiger partial charge in [-0.2, -0.15) is 5.21 Å². The van der Waals surface area contributed by atoms with Crippen molar-refractivity contribution in [3.05, 3.63) is 54.1 Å². The number of nitrogens with zero attached hydrogens (tertiary/aromatic N) is 4. The molecule has 4 rings (SSSR count). The van der Waals surface area contributed by atoms with Crippen LogP contribution in [-0.4, -0.2) is 48.0 Å². The Morgan fingerprint density at radius 2 is 1.76 bits per heavy atom. The molecule has 33 heavy (non-hydrogen) atoms. The quantitative estimate of drug-likeness (QED) is 0.501. The number of unbranched alkanes of at least 4 members (excludes halogenated alkanes) is 1. The number of aromatic amines is 1. The highest BCUT2D eigenvalue weighted by Crippen LogP contribution is 2.38. The second-order valence-corrected chi connectivity index (χ2v) is 8.61. The fraction of sp³-hybridized carbons (Fsp3) is 0.400. The molecule has 0 aliphatic heterocycles. The van der Waals surface area contributed by atoms with Crippen molar-refractivity contribution in [2.45, 2.75) is 64.0 Å². The number of hydrogen-bond acceptors (Lipinski definition) is 5. The third-order valence-electron chi connectivity index (χ3n) is 6.51. The van der Waals surface area contributed by atoms with E-state index in [2.05, 4.69) is 20.6 Å². The first kappa shape index (κ1) is 22.6. The number of amides is 1. The van der Waals surface area contributed by atoms with Crippen LogP contribution in [0.25, 0.3) is 22.5 Å². The summed E-state index contributed by atoms with van der Waals surface area (Å²) in [4.78, 5) is 27.0. The van der Waals surface area contributed by atoms with Gasteiger partial charge in [0.15, 0.2) is 0 Å². The minimum Gasteiger partial charge on any atom is -0.479 e. The molecule has 2 aromatic carbocycles. The van der Waals surface area contributed by atoms with Gasteiger partial charge in [-0.1, -0.05) is 74.7 Å². The van der Waals surface area contributed by atoms with E-state index in [4.69, 9.17) is 0 Å². The van der Waals surface area contributed by atoms with E-state index in [1.165, 1.54) is 0 Å². The number of carboxylic acid groups (broad SMARTS) is 1. The fourth-order valence-electron chi connectivity index (χ4n) is 4.68. The van der Waals surface area contributed by atoms with Crippen molar-refractivity contribution in [1.29, 1.82) is 0 Å². The molecule has 1 aliphatic carbocycles. The van der Waals surface area contributed by atoms with Gasteiger partial charge in [-0.15, -0.1) is 10.2 Å². The normalized spacial score (nSPS) is 14.8. The van der Waals surface area contributed by atoms with Gasteiger partial charge in [0.1, 0.15) is 5.54 Å². The zero-order chi connectivity index (χ0) is 23.3. The Hall–Kier alpha value is -3.55. The van der Waals surface area contributed by atoms with Crippen molar-refractivity contribution < 1.29 is 14.7 Å². The summed E-state index contributed by atoms with van der Waals surface area (Å²) in [5.74, 6) is -0.449. The van der Waals surface area contributed by atoms with E-state index in [1.807, 2.05) is 55.5 Å². The number of tetrazole rings is 1. The number of carbonyl (C=O) groups excluding carboxylic acids is 1. The smallest absolute Gasteiger partial charge is 0.329 e. The predicted octanol–water partition coefficient (Wildman–Crippen LogP) is 4.45. The average molecular weight is 448 g/mol. The second kappa shape index (κ2) is 9.94.